The Kier molecular flexibility index (Phi) is 7.63. The Morgan fingerprint density at radius 2 is 1.72 bits per heavy atom. The van der Waals surface area contributed by atoms with Crippen LogP contribution in [0.5, 0.6) is 0 Å². The molecule has 15 heteroatoms. The summed E-state index contributed by atoms with van der Waals surface area (Å²) in [6.07, 6.45) is -7.21. The molecular weight excluding hydrogens is 535 g/mol. The van der Waals surface area contributed by atoms with E-state index in [0.717, 1.165) is 0 Å². The third kappa shape index (κ3) is 6.73. The van der Waals surface area contributed by atoms with Gasteiger partial charge in [-0.15, -0.1) is 0 Å². The monoisotopic (exact) mass is 555 g/mol. The predicted molar refractivity (Wildman–Crippen MR) is 129 cm³/mol. The first-order valence-electron chi connectivity index (χ1n) is 11.2. The number of urea groups is 1. The van der Waals surface area contributed by atoms with E-state index in [2.05, 4.69) is 20.7 Å². The number of nitrogens with one attached hydrogen (secondary N) is 3. The Hall–Kier alpha value is -4.40. The van der Waals surface area contributed by atoms with Gasteiger partial charge in [-0.3, -0.25) is 0 Å². The number of amides is 2. The minimum atomic E-state index is -4.72. The van der Waals surface area contributed by atoms with Gasteiger partial charge in [-0.1, -0.05) is 12.1 Å². The van der Waals surface area contributed by atoms with Crippen LogP contribution in [-0.4, -0.2) is 33.4 Å². The molecule has 2 amide bonds. The molecule has 39 heavy (non-hydrogen) atoms. The molecule has 2 aromatic heterocycles. The highest BCUT2D eigenvalue weighted by Gasteiger charge is 2.31. The van der Waals surface area contributed by atoms with Crippen LogP contribution < -0.4 is 21.7 Å². The maximum atomic E-state index is 13.9. The minimum Gasteiger partial charge on any atom is -0.382 e. The van der Waals surface area contributed by atoms with Crippen molar-refractivity contribution in [2.45, 2.75) is 25.3 Å². The van der Waals surface area contributed by atoms with Crippen molar-refractivity contribution in [1.82, 2.24) is 19.9 Å². The van der Waals surface area contributed by atoms with Crippen molar-refractivity contribution in [1.29, 1.82) is 0 Å². The van der Waals surface area contributed by atoms with Gasteiger partial charge in [0, 0.05) is 30.5 Å². The number of rotatable bonds is 7. The number of carbonyl (C=O) groups excluding carboxylic acids is 1. The van der Waals surface area contributed by atoms with E-state index in [9.17, 15) is 35.5 Å². The Balaban J connectivity index is 1.53. The van der Waals surface area contributed by atoms with Gasteiger partial charge >= 0.3 is 18.4 Å². The molecule has 8 nitrogen and oxygen atoms in total. The van der Waals surface area contributed by atoms with Gasteiger partial charge in [0.25, 0.3) is 0 Å². The predicted octanol–water partition coefficient (Wildman–Crippen LogP) is 5.82. The third-order valence-electron chi connectivity index (χ3n) is 5.55. The normalized spacial score (nSPS) is 12.1. The first-order chi connectivity index (χ1) is 18.3. The lowest BCUT2D eigenvalue weighted by atomic mass is 10.0. The fourth-order valence-electron chi connectivity index (χ4n) is 3.80. The molecule has 0 fully saturated rings. The average molecular weight is 555 g/mol. The molecule has 0 aliphatic rings. The average Bonchev–Trinajstić information content (AvgIpc) is 3.22. The largest absolute Gasteiger partial charge is 0.416 e. The zero-order valence-corrected chi connectivity index (χ0v) is 19.8. The van der Waals surface area contributed by atoms with Crippen LogP contribution >= 0.6 is 0 Å². The van der Waals surface area contributed by atoms with Crippen LogP contribution in [0.3, 0.4) is 0 Å². The Bertz CT molecular complexity index is 1480. The summed E-state index contributed by atoms with van der Waals surface area (Å²) in [6.45, 7) is -0.236. The molecule has 4 rings (SSSR count). The second kappa shape index (κ2) is 10.8. The molecule has 5 N–H and O–H groups in total. The second-order valence-corrected chi connectivity index (χ2v) is 8.36. The summed E-state index contributed by atoms with van der Waals surface area (Å²) in [5.41, 5.74) is 6.60. The molecule has 0 aliphatic heterocycles. The Morgan fingerprint density at radius 1 is 1.00 bits per heavy atom. The van der Waals surface area contributed by atoms with Crippen LogP contribution in [0.2, 0.25) is 0 Å². The smallest absolute Gasteiger partial charge is 0.382 e. The number of carbonyl (C=O) groups is 1. The number of halogens is 7. The molecule has 0 unspecified atom stereocenters. The number of hydrogen-bond acceptors (Lipinski definition) is 5. The highest BCUT2D eigenvalue weighted by molar-refractivity contribution is 6.00. The van der Waals surface area contributed by atoms with E-state index in [4.69, 9.17) is 5.73 Å². The number of aromatic nitrogens is 3. The summed E-state index contributed by atoms with van der Waals surface area (Å²) in [5.74, 6) is -0.920. The van der Waals surface area contributed by atoms with E-state index in [1.165, 1.54) is 23.0 Å². The lowest BCUT2D eigenvalue weighted by Gasteiger charge is -2.12. The number of benzene rings is 2. The molecule has 0 atom stereocenters. The summed E-state index contributed by atoms with van der Waals surface area (Å²) in [4.78, 5) is 16.3. The summed E-state index contributed by atoms with van der Waals surface area (Å²) in [6, 6.07) is 6.77. The van der Waals surface area contributed by atoms with E-state index in [1.807, 2.05) is 5.32 Å². The topological polar surface area (TPSA) is 109 Å². The molecule has 0 bridgehead atoms. The lowest BCUT2D eigenvalue weighted by Crippen LogP contribution is -2.21. The quantitative estimate of drug-likeness (QED) is 0.170. The van der Waals surface area contributed by atoms with Crippen molar-refractivity contribution in [3.05, 3.63) is 71.9 Å². The van der Waals surface area contributed by atoms with E-state index in [-0.39, 0.29) is 24.6 Å². The fourth-order valence-corrected chi connectivity index (χ4v) is 3.80. The highest BCUT2D eigenvalue weighted by Crippen LogP contribution is 2.34. The van der Waals surface area contributed by atoms with E-state index >= 15 is 0 Å². The molecule has 0 radical (unpaired) electrons. The van der Waals surface area contributed by atoms with Gasteiger partial charge in [0.2, 0.25) is 0 Å². The van der Waals surface area contributed by atoms with Crippen molar-refractivity contribution >= 4 is 28.7 Å². The molecular formula is C24H20F7N7O. The maximum Gasteiger partial charge on any atom is 0.416 e. The SMILES string of the molecule is Nc1ncnn2cc(CNCCC(F)(F)F)c(-c3ccc(NC(=O)Nc4cc(C(F)(F)F)ccc4F)cc3)c12. The first kappa shape index (κ1) is 27.6. The number of anilines is 3. The van der Waals surface area contributed by atoms with Crippen molar-refractivity contribution in [3.8, 4) is 11.1 Å². The van der Waals surface area contributed by atoms with E-state index in [1.54, 1.807) is 18.3 Å². The van der Waals surface area contributed by atoms with Gasteiger partial charge in [0.05, 0.1) is 17.7 Å². The summed E-state index contributed by atoms with van der Waals surface area (Å²) in [7, 11) is 0. The van der Waals surface area contributed by atoms with Crippen molar-refractivity contribution in [2.75, 3.05) is 22.9 Å². The molecule has 0 spiro atoms. The zero-order valence-electron chi connectivity index (χ0n) is 19.8. The number of alkyl halides is 6. The van der Waals surface area contributed by atoms with Crippen molar-refractivity contribution in [2.24, 2.45) is 0 Å². The van der Waals surface area contributed by atoms with Crippen molar-refractivity contribution < 1.29 is 35.5 Å². The second-order valence-electron chi connectivity index (χ2n) is 8.36. The van der Waals surface area contributed by atoms with Crippen LogP contribution in [0.15, 0.2) is 55.0 Å². The van der Waals surface area contributed by atoms with Crippen LogP contribution in [0.4, 0.5) is 52.7 Å². The lowest BCUT2D eigenvalue weighted by molar-refractivity contribution is -0.137. The van der Waals surface area contributed by atoms with Gasteiger partial charge in [0.1, 0.15) is 17.7 Å². The number of nitrogens with zero attached hydrogens (tertiary/aromatic N) is 3. The molecule has 0 saturated heterocycles. The standard InChI is InChI=1S/C24H20F7N7O/c25-17-6-3-15(24(29,30)31)9-18(17)37-22(39)36-16-4-1-13(2-5-16)19-14(10-33-8-7-23(26,27)28)11-38-20(19)21(32)34-12-35-38/h1-6,9,11-12,33H,7-8,10H2,(H2,32,34,35)(H2,36,37,39). The van der Waals surface area contributed by atoms with Crippen molar-refractivity contribution in [3.63, 3.8) is 0 Å². The Morgan fingerprint density at radius 3 is 2.38 bits per heavy atom. The number of nitrogen functional groups attached to an aromatic ring is 1. The first-order valence-corrected chi connectivity index (χ1v) is 11.2. The van der Waals surface area contributed by atoms with Gasteiger partial charge in [-0.2, -0.15) is 31.4 Å². The van der Waals surface area contributed by atoms with Gasteiger partial charge < -0.3 is 21.7 Å². The molecule has 4 aromatic rings. The highest BCUT2D eigenvalue weighted by atomic mass is 19.4. The van der Waals surface area contributed by atoms with Crippen LogP contribution in [0.1, 0.15) is 17.5 Å². The molecule has 2 aromatic carbocycles. The van der Waals surface area contributed by atoms with Crippen LogP contribution in [0, 0.1) is 5.82 Å². The molecule has 0 saturated carbocycles. The molecule has 206 valence electrons. The van der Waals surface area contributed by atoms with Gasteiger partial charge in [-0.05, 0) is 41.5 Å². The Labute approximate surface area is 216 Å². The number of fused-ring (bicyclic) bond motifs is 1. The van der Waals surface area contributed by atoms with Gasteiger partial charge in [0.15, 0.2) is 5.82 Å². The maximum absolute atomic E-state index is 13.9. The summed E-state index contributed by atoms with van der Waals surface area (Å²) < 4.78 is 91.6. The van der Waals surface area contributed by atoms with Gasteiger partial charge in [-0.25, -0.2) is 18.7 Å². The summed E-state index contributed by atoms with van der Waals surface area (Å²) >= 11 is 0. The molecule has 0 aliphatic carbocycles. The fraction of sp³-hybridized carbons (Fsp3) is 0.208. The zero-order chi connectivity index (χ0) is 28.4. The van der Waals surface area contributed by atoms with Crippen LogP contribution in [0.25, 0.3) is 16.6 Å². The van der Waals surface area contributed by atoms with E-state index < -0.39 is 41.9 Å². The third-order valence-corrected chi connectivity index (χ3v) is 5.55. The van der Waals surface area contributed by atoms with E-state index in [0.29, 0.717) is 40.4 Å². The summed E-state index contributed by atoms with van der Waals surface area (Å²) in [5, 5.41) is 11.3. The van der Waals surface area contributed by atoms with Crippen LogP contribution in [-0.2, 0) is 12.7 Å². The number of nitrogens with two attached hydrogens (primary N) is 1. The molecule has 2 heterocycles. The number of hydrogen-bond donors (Lipinski definition) is 4. The minimum absolute atomic E-state index is 0.0686.